The van der Waals surface area contributed by atoms with Crippen LogP contribution in [0.25, 0.3) is 0 Å². The largest absolute Gasteiger partial charge is 0.355 e. The molecule has 0 saturated carbocycles. The number of nitrogens with one attached hydrogen (secondary N) is 1. The van der Waals surface area contributed by atoms with Gasteiger partial charge in [-0.2, -0.15) is 0 Å². The number of hydrogen-bond donors (Lipinski definition) is 1. The highest BCUT2D eigenvalue weighted by Crippen LogP contribution is 2.19. The minimum absolute atomic E-state index is 0.119. The first-order chi connectivity index (χ1) is 14.0. The fraction of sp³-hybridized carbons (Fsp3) is 0.391. The van der Waals surface area contributed by atoms with Gasteiger partial charge in [0.1, 0.15) is 11.9 Å². The van der Waals surface area contributed by atoms with Crippen molar-refractivity contribution < 1.29 is 14.0 Å². The normalized spacial score (nSPS) is 11.7. The van der Waals surface area contributed by atoms with E-state index >= 15 is 0 Å². The maximum atomic E-state index is 13.8. The number of nitrogens with zero attached hydrogens (tertiary/aromatic N) is 1. The van der Waals surface area contributed by atoms with Crippen LogP contribution in [0.3, 0.4) is 0 Å². The van der Waals surface area contributed by atoms with E-state index in [2.05, 4.69) is 5.32 Å². The number of aryl methyl sites for hydroxylation is 1. The van der Waals surface area contributed by atoms with Crippen LogP contribution in [0.4, 0.5) is 4.39 Å². The van der Waals surface area contributed by atoms with Crippen molar-refractivity contribution in [2.24, 2.45) is 0 Å². The molecule has 2 aromatic rings. The number of benzene rings is 2. The molecule has 156 valence electrons. The van der Waals surface area contributed by atoms with Gasteiger partial charge in [0.15, 0.2) is 0 Å². The quantitative estimate of drug-likeness (QED) is 0.628. The fourth-order valence-corrected chi connectivity index (χ4v) is 4.06. The Hall–Kier alpha value is -2.34. The third kappa shape index (κ3) is 6.89. The molecule has 0 saturated heterocycles. The van der Waals surface area contributed by atoms with Crippen molar-refractivity contribution in [1.82, 2.24) is 10.2 Å². The molecule has 0 aliphatic heterocycles. The molecular weight excluding hydrogens is 387 g/mol. The number of carbonyl (C=O) groups excluding carboxylic acids is 2. The Morgan fingerprint density at radius 1 is 1.14 bits per heavy atom. The highest BCUT2D eigenvalue weighted by atomic mass is 32.2. The number of carbonyl (C=O) groups is 2. The van der Waals surface area contributed by atoms with Crippen molar-refractivity contribution in [3.63, 3.8) is 0 Å². The van der Waals surface area contributed by atoms with E-state index < -0.39 is 6.04 Å². The van der Waals surface area contributed by atoms with Crippen molar-refractivity contribution >= 4 is 23.6 Å². The van der Waals surface area contributed by atoms with Crippen molar-refractivity contribution in [2.75, 3.05) is 12.3 Å². The first kappa shape index (κ1) is 22.9. The van der Waals surface area contributed by atoms with Crippen LogP contribution < -0.4 is 5.32 Å². The van der Waals surface area contributed by atoms with Gasteiger partial charge in [-0.25, -0.2) is 4.39 Å². The second kappa shape index (κ2) is 11.6. The zero-order valence-electron chi connectivity index (χ0n) is 17.3. The van der Waals surface area contributed by atoms with E-state index in [1.807, 2.05) is 45.0 Å². The van der Waals surface area contributed by atoms with Crippen LogP contribution in [0.2, 0.25) is 0 Å². The molecule has 6 heteroatoms. The maximum absolute atomic E-state index is 13.8. The molecule has 0 spiro atoms. The molecule has 0 fully saturated rings. The van der Waals surface area contributed by atoms with E-state index in [0.29, 0.717) is 30.8 Å². The van der Waals surface area contributed by atoms with Gasteiger partial charge in [-0.05, 0) is 37.5 Å². The molecule has 0 aliphatic carbocycles. The first-order valence-electron chi connectivity index (χ1n) is 9.90. The van der Waals surface area contributed by atoms with Gasteiger partial charge in [-0.1, -0.05) is 55.0 Å². The monoisotopic (exact) mass is 416 g/mol. The Balaban J connectivity index is 2.12. The summed E-state index contributed by atoms with van der Waals surface area (Å²) in [6, 6.07) is 14.0. The van der Waals surface area contributed by atoms with E-state index in [9.17, 15) is 14.0 Å². The highest BCUT2D eigenvalue weighted by molar-refractivity contribution is 7.99. The summed E-state index contributed by atoms with van der Waals surface area (Å²) in [7, 11) is 0. The van der Waals surface area contributed by atoms with Crippen LogP contribution in [0.15, 0.2) is 48.5 Å². The molecule has 0 unspecified atom stereocenters. The average Bonchev–Trinajstić information content (AvgIpc) is 2.69. The SMILES string of the molecule is CCNC(=O)[C@H](CC)N(Cc1cccc(C)c1)C(=O)CSCc1ccccc1F. The average molecular weight is 417 g/mol. The van der Waals surface area contributed by atoms with Gasteiger partial charge in [0, 0.05) is 18.8 Å². The molecule has 0 bridgehead atoms. The van der Waals surface area contributed by atoms with Crippen LogP contribution in [0.1, 0.15) is 37.0 Å². The molecule has 0 radical (unpaired) electrons. The summed E-state index contributed by atoms with van der Waals surface area (Å²) >= 11 is 1.36. The van der Waals surface area contributed by atoms with Gasteiger partial charge in [-0.3, -0.25) is 9.59 Å². The highest BCUT2D eigenvalue weighted by Gasteiger charge is 2.28. The Kier molecular flexibility index (Phi) is 9.19. The van der Waals surface area contributed by atoms with Crippen molar-refractivity contribution in [3.05, 3.63) is 71.0 Å². The summed E-state index contributed by atoms with van der Waals surface area (Å²) in [5.74, 6) is 0.0731. The van der Waals surface area contributed by atoms with Gasteiger partial charge >= 0.3 is 0 Å². The molecule has 2 rings (SSSR count). The van der Waals surface area contributed by atoms with E-state index in [4.69, 9.17) is 0 Å². The van der Waals surface area contributed by atoms with Gasteiger partial charge in [-0.15, -0.1) is 11.8 Å². The zero-order valence-corrected chi connectivity index (χ0v) is 18.1. The minimum atomic E-state index is -0.531. The molecular formula is C23H29FN2O2S. The number of thioether (sulfide) groups is 1. The van der Waals surface area contributed by atoms with E-state index in [0.717, 1.165) is 11.1 Å². The van der Waals surface area contributed by atoms with Gasteiger partial charge in [0.25, 0.3) is 0 Å². The van der Waals surface area contributed by atoms with Gasteiger partial charge in [0.2, 0.25) is 11.8 Å². The third-order valence-corrected chi connectivity index (χ3v) is 5.58. The molecule has 2 amide bonds. The second-order valence-electron chi connectivity index (χ2n) is 6.91. The Bertz CT molecular complexity index is 828. The van der Waals surface area contributed by atoms with Crippen LogP contribution in [-0.2, 0) is 21.9 Å². The summed E-state index contributed by atoms with van der Waals surface area (Å²) in [5.41, 5.74) is 2.67. The van der Waals surface area contributed by atoms with Crippen molar-refractivity contribution in [3.8, 4) is 0 Å². The summed E-state index contributed by atoms with van der Waals surface area (Å²) in [6.45, 7) is 6.66. The lowest BCUT2D eigenvalue weighted by atomic mass is 10.1. The minimum Gasteiger partial charge on any atom is -0.355 e. The van der Waals surface area contributed by atoms with Crippen molar-refractivity contribution in [2.45, 2.75) is 45.5 Å². The Morgan fingerprint density at radius 2 is 1.90 bits per heavy atom. The molecule has 2 aromatic carbocycles. The predicted molar refractivity (Wildman–Crippen MR) is 117 cm³/mol. The lowest BCUT2D eigenvalue weighted by molar-refractivity contribution is -0.139. The number of hydrogen-bond acceptors (Lipinski definition) is 3. The molecule has 0 aromatic heterocycles. The van der Waals surface area contributed by atoms with Gasteiger partial charge < -0.3 is 10.2 Å². The molecule has 1 atom stereocenters. The molecule has 4 nitrogen and oxygen atoms in total. The first-order valence-corrected chi connectivity index (χ1v) is 11.1. The van der Waals surface area contributed by atoms with E-state index in [1.165, 1.54) is 17.8 Å². The lowest BCUT2D eigenvalue weighted by Crippen LogP contribution is -2.49. The van der Waals surface area contributed by atoms with E-state index in [-0.39, 0.29) is 23.4 Å². The summed E-state index contributed by atoms with van der Waals surface area (Å²) < 4.78 is 13.8. The van der Waals surface area contributed by atoms with Crippen LogP contribution in [0, 0.1) is 12.7 Å². The topological polar surface area (TPSA) is 49.4 Å². The molecule has 1 N–H and O–H groups in total. The summed E-state index contributed by atoms with van der Waals surface area (Å²) in [6.07, 6.45) is 0.529. The predicted octanol–water partition coefficient (Wildman–Crippen LogP) is 4.31. The lowest BCUT2D eigenvalue weighted by Gasteiger charge is -2.30. The number of likely N-dealkylation sites (N-methyl/N-ethyl adjacent to an activating group) is 1. The van der Waals surface area contributed by atoms with Crippen molar-refractivity contribution in [1.29, 1.82) is 0 Å². The smallest absolute Gasteiger partial charge is 0.242 e. The Labute approximate surface area is 176 Å². The third-order valence-electron chi connectivity index (χ3n) is 4.61. The standard InChI is InChI=1S/C23H29FN2O2S/c1-4-21(23(28)25-5-2)26(14-18-10-8-9-17(3)13-18)22(27)16-29-15-19-11-6-7-12-20(19)24/h6-13,21H,4-5,14-16H2,1-3H3,(H,25,28)/t21-/m0/s1. The second-order valence-corrected chi connectivity index (χ2v) is 7.90. The van der Waals surface area contributed by atoms with Crippen LogP contribution in [-0.4, -0.2) is 35.1 Å². The van der Waals surface area contributed by atoms with Crippen LogP contribution in [0.5, 0.6) is 0 Å². The zero-order chi connectivity index (χ0) is 21.2. The summed E-state index contributed by atoms with van der Waals surface area (Å²) in [4.78, 5) is 27.3. The van der Waals surface area contributed by atoms with E-state index in [1.54, 1.807) is 23.1 Å². The maximum Gasteiger partial charge on any atom is 0.242 e. The Morgan fingerprint density at radius 3 is 2.55 bits per heavy atom. The molecule has 0 aliphatic rings. The van der Waals surface area contributed by atoms with Crippen LogP contribution >= 0.6 is 11.8 Å². The molecule has 29 heavy (non-hydrogen) atoms. The number of rotatable bonds is 10. The number of halogens is 1. The molecule has 0 heterocycles. The fourth-order valence-electron chi connectivity index (χ4n) is 3.17. The van der Waals surface area contributed by atoms with Gasteiger partial charge in [0.05, 0.1) is 5.75 Å². The summed E-state index contributed by atoms with van der Waals surface area (Å²) in [5, 5.41) is 2.83. The number of amides is 2.